The van der Waals surface area contributed by atoms with E-state index in [1.807, 2.05) is 0 Å². The molecule has 0 aliphatic carbocycles. The lowest BCUT2D eigenvalue weighted by Gasteiger charge is -2.36. The third kappa shape index (κ3) is 3.29. The summed E-state index contributed by atoms with van der Waals surface area (Å²) in [6, 6.07) is 4.91. The Bertz CT molecular complexity index is 574. The summed E-state index contributed by atoms with van der Waals surface area (Å²) in [7, 11) is 0. The zero-order chi connectivity index (χ0) is 15.4. The number of aliphatic hydroxyl groups is 1. The number of nitriles is 1. The second-order valence-corrected chi connectivity index (χ2v) is 5.08. The van der Waals surface area contributed by atoms with Gasteiger partial charge in [-0.15, -0.1) is 0 Å². The Hall–Kier alpha value is -2.17. The lowest BCUT2D eigenvalue weighted by atomic mass is 10.1. The molecule has 0 atom stereocenters. The van der Waals surface area contributed by atoms with Crippen LogP contribution in [-0.2, 0) is 0 Å². The van der Waals surface area contributed by atoms with E-state index in [2.05, 4.69) is 15.9 Å². The highest BCUT2D eigenvalue weighted by Gasteiger charge is 2.22. The van der Waals surface area contributed by atoms with Gasteiger partial charge in [0.2, 0.25) is 0 Å². The highest BCUT2D eigenvalue weighted by atomic mass is 16.6. The fourth-order valence-corrected chi connectivity index (χ4v) is 2.71. The minimum absolute atomic E-state index is 0.0493. The zero-order valence-electron chi connectivity index (χ0n) is 11.9. The van der Waals surface area contributed by atoms with Crippen molar-refractivity contribution in [3.05, 3.63) is 33.4 Å². The van der Waals surface area contributed by atoms with Crippen molar-refractivity contribution in [2.45, 2.75) is 6.92 Å². The Kier molecular flexibility index (Phi) is 4.73. The number of aliphatic hydroxyl groups excluding tert-OH is 1. The van der Waals surface area contributed by atoms with Crippen molar-refractivity contribution in [1.82, 2.24) is 4.90 Å². The minimum Gasteiger partial charge on any atom is -0.395 e. The number of benzene rings is 1. The fraction of sp³-hybridized carbons (Fsp3) is 0.500. The number of anilines is 1. The molecule has 0 unspecified atom stereocenters. The molecule has 1 aromatic carbocycles. The first-order chi connectivity index (χ1) is 10.1. The van der Waals surface area contributed by atoms with E-state index in [9.17, 15) is 15.4 Å². The molecule has 0 saturated carbocycles. The van der Waals surface area contributed by atoms with Crippen molar-refractivity contribution >= 4 is 11.4 Å². The summed E-state index contributed by atoms with van der Waals surface area (Å²) in [6.45, 7) is 5.69. The fourth-order valence-electron chi connectivity index (χ4n) is 2.71. The molecule has 7 nitrogen and oxygen atoms in total. The molecule has 0 spiro atoms. The number of aryl methyl sites for hydroxylation is 1. The first-order valence-corrected chi connectivity index (χ1v) is 6.84. The molecular weight excluding hydrogens is 272 g/mol. The van der Waals surface area contributed by atoms with Gasteiger partial charge < -0.3 is 10.0 Å². The number of β-amino-alcohol motifs (C(OH)–C–C–N with tert-alkyl or cyclic N) is 1. The molecule has 0 bridgehead atoms. The SMILES string of the molecule is Cc1cc([N+](=O)[O-])cc(C#N)c1N1CCN(CCO)CC1. The van der Waals surface area contributed by atoms with Crippen LogP contribution in [0.5, 0.6) is 0 Å². The number of piperazine rings is 1. The standard InChI is InChI=1S/C14H18N4O3/c1-11-8-13(18(20)21)9-12(10-15)14(11)17-4-2-16(3-5-17)6-7-19/h8-9,19H,2-7H2,1H3. The molecule has 7 heteroatoms. The van der Waals surface area contributed by atoms with Gasteiger partial charge in [0, 0.05) is 44.9 Å². The number of nitro groups is 1. The molecule has 0 radical (unpaired) electrons. The van der Waals surface area contributed by atoms with E-state index in [-0.39, 0.29) is 12.3 Å². The summed E-state index contributed by atoms with van der Waals surface area (Å²) in [5.41, 5.74) is 1.83. The summed E-state index contributed by atoms with van der Waals surface area (Å²) in [5.74, 6) is 0. The van der Waals surface area contributed by atoms with Gasteiger partial charge in [0.05, 0.1) is 22.8 Å². The maximum Gasteiger partial charge on any atom is 0.271 e. The number of hydrogen-bond acceptors (Lipinski definition) is 6. The quantitative estimate of drug-likeness (QED) is 0.654. The lowest BCUT2D eigenvalue weighted by molar-refractivity contribution is -0.384. The van der Waals surface area contributed by atoms with Gasteiger partial charge >= 0.3 is 0 Å². The molecule has 2 rings (SSSR count). The van der Waals surface area contributed by atoms with Gasteiger partial charge in [0.1, 0.15) is 6.07 Å². The van der Waals surface area contributed by atoms with Gasteiger partial charge in [0.25, 0.3) is 5.69 Å². The van der Waals surface area contributed by atoms with Crippen LogP contribution in [-0.4, -0.2) is 54.3 Å². The van der Waals surface area contributed by atoms with Crippen molar-refractivity contribution < 1.29 is 10.0 Å². The third-order valence-electron chi connectivity index (χ3n) is 3.72. The summed E-state index contributed by atoms with van der Waals surface area (Å²) < 4.78 is 0. The van der Waals surface area contributed by atoms with Crippen LogP contribution < -0.4 is 4.90 Å². The molecule has 21 heavy (non-hydrogen) atoms. The van der Waals surface area contributed by atoms with Crippen molar-refractivity contribution in [1.29, 1.82) is 5.26 Å². The number of nitrogens with zero attached hydrogens (tertiary/aromatic N) is 4. The maximum absolute atomic E-state index is 10.9. The molecular formula is C14H18N4O3. The van der Waals surface area contributed by atoms with Crippen LogP contribution in [0.1, 0.15) is 11.1 Å². The van der Waals surface area contributed by atoms with E-state index in [4.69, 9.17) is 5.11 Å². The van der Waals surface area contributed by atoms with E-state index < -0.39 is 4.92 Å². The van der Waals surface area contributed by atoms with Gasteiger partial charge in [0.15, 0.2) is 0 Å². The van der Waals surface area contributed by atoms with Crippen LogP contribution in [0.4, 0.5) is 11.4 Å². The van der Waals surface area contributed by atoms with E-state index in [1.54, 1.807) is 6.92 Å². The highest BCUT2D eigenvalue weighted by molar-refractivity contribution is 5.67. The molecule has 0 amide bonds. The van der Waals surface area contributed by atoms with Crippen LogP contribution >= 0.6 is 0 Å². The number of nitro benzene ring substituents is 1. The molecule has 1 fully saturated rings. The Labute approximate surface area is 123 Å². The molecule has 112 valence electrons. The average molecular weight is 290 g/mol. The van der Waals surface area contributed by atoms with Crippen LogP contribution in [0.3, 0.4) is 0 Å². The number of non-ortho nitro benzene ring substituents is 1. The first kappa shape index (κ1) is 15.2. The predicted molar refractivity (Wildman–Crippen MR) is 78.3 cm³/mol. The second-order valence-electron chi connectivity index (χ2n) is 5.08. The van der Waals surface area contributed by atoms with Gasteiger partial charge in [-0.2, -0.15) is 5.26 Å². The van der Waals surface area contributed by atoms with Crippen LogP contribution in [0, 0.1) is 28.4 Å². The molecule has 0 aromatic heterocycles. The lowest BCUT2D eigenvalue weighted by Crippen LogP contribution is -2.47. The van der Waals surface area contributed by atoms with Gasteiger partial charge in [-0.05, 0) is 12.5 Å². The Morgan fingerprint density at radius 1 is 1.38 bits per heavy atom. The van der Waals surface area contributed by atoms with E-state index >= 15 is 0 Å². The van der Waals surface area contributed by atoms with Gasteiger partial charge in [-0.1, -0.05) is 0 Å². The summed E-state index contributed by atoms with van der Waals surface area (Å²) in [4.78, 5) is 14.6. The van der Waals surface area contributed by atoms with Crippen molar-refractivity contribution in [2.24, 2.45) is 0 Å². The molecule has 1 aromatic rings. The topological polar surface area (TPSA) is 93.6 Å². The van der Waals surface area contributed by atoms with Crippen molar-refractivity contribution in [3.63, 3.8) is 0 Å². The normalized spacial score (nSPS) is 15.8. The van der Waals surface area contributed by atoms with E-state index in [0.717, 1.165) is 37.4 Å². The van der Waals surface area contributed by atoms with E-state index in [0.29, 0.717) is 12.1 Å². The van der Waals surface area contributed by atoms with Gasteiger partial charge in [-0.3, -0.25) is 15.0 Å². The molecule has 1 aliphatic rings. The average Bonchev–Trinajstić information content (AvgIpc) is 2.47. The smallest absolute Gasteiger partial charge is 0.271 e. The molecule has 1 saturated heterocycles. The minimum atomic E-state index is -0.475. The maximum atomic E-state index is 10.9. The van der Waals surface area contributed by atoms with Crippen molar-refractivity contribution in [2.75, 3.05) is 44.2 Å². The third-order valence-corrected chi connectivity index (χ3v) is 3.72. The summed E-state index contributed by atoms with van der Waals surface area (Å²) in [6.07, 6.45) is 0. The van der Waals surface area contributed by atoms with Crippen LogP contribution in [0.25, 0.3) is 0 Å². The highest BCUT2D eigenvalue weighted by Crippen LogP contribution is 2.30. The van der Waals surface area contributed by atoms with Crippen LogP contribution in [0.15, 0.2) is 12.1 Å². The molecule has 1 aliphatic heterocycles. The first-order valence-electron chi connectivity index (χ1n) is 6.84. The summed E-state index contributed by atoms with van der Waals surface area (Å²) in [5, 5.41) is 29.1. The molecule has 1 heterocycles. The summed E-state index contributed by atoms with van der Waals surface area (Å²) >= 11 is 0. The number of rotatable bonds is 4. The Morgan fingerprint density at radius 3 is 2.57 bits per heavy atom. The van der Waals surface area contributed by atoms with Crippen LogP contribution in [0.2, 0.25) is 0 Å². The van der Waals surface area contributed by atoms with Gasteiger partial charge in [-0.25, -0.2) is 0 Å². The second kappa shape index (κ2) is 6.52. The van der Waals surface area contributed by atoms with Crippen molar-refractivity contribution in [3.8, 4) is 6.07 Å². The zero-order valence-corrected chi connectivity index (χ0v) is 11.9. The monoisotopic (exact) mass is 290 g/mol. The number of hydrogen-bond donors (Lipinski definition) is 1. The Balaban J connectivity index is 2.25. The predicted octanol–water partition coefficient (Wildman–Crippen LogP) is 0.889. The Morgan fingerprint density at radius 2 is 2.05 bits per heavy atom. The van der Waals surface area contributed by atoms with E-state index in [1.165, 1.54) is 12.1 Å². The molecule has 1 N–H and O–H groups in total. The largest absolute Gasteiger partial charge is 0.395 e.